The minimum Gasteiger partial charge on any atom is -0.351 e. The van der Waals surface area contributed by atoms with Gasteiger partial charge in [0.05, 0.1) is 10.9 Å². The monoisotopic (exact) mass is 406 g/mol. The lowest BCUT2D eigenvalue weighted by molar-refractivity contribution is -0.122. The molecule has 0 fully saturated rings. The summed E-state index contributed by atoms with van der Waals surface area (Å²) in [5, 5.41) is 2.64. The zero-order valence-electron chi connectivity index (χ0n) is 17.1. The molecule has 2 rings (SSSR count). The molecule has 0 aliphatic carbocycles. The van der Waals surface area contributed by atoms with Gasteiger partial charge in [-0.3, -0.25) is 4.79 Å². The van der Waals surface area contributed by atoms with E-state index in [0.717, 1.165) is 11.1 Å². The van der Waals surface area contributed by atoms with Gasteiger partial charge in [0.25, 0.3) is 0 Å². The summed E-state index contributed by atoms with van der Waals surface area (Å²) in [7, 11) is -3.88. The predicted octanol–water partition coefficient (Wildman–Crippen LogP) is 3.35. The molecule has 2 aromatic rings. The van der Waals surface area contributed by atoms with Gasteiger partial charge in [0, 0.05) is 6.54 Å². The molecule has 0 aliphatic rings. The average molecular weight is 407 g/mol. The first-order chi connectivity index (χ1) is 12.9. The third-order valence-corrected chi connectivity index (χ3v) is 6.81. The van der Waals surface area contributed by atoms with Crippen LogP contribution in [0.15, 0.2) is 29.2 Å². The Morgan fingerprint density at radius 1 is 1.00 bits per heavy atom. The highest BCUT2D eigenvalue weighted by atomic mass is 32.2. The maximum Gasteiger partial charge on any atom is 0.241 e. The van der Waals surface area contributed by atoms with Gasteiger partial charge in [-0.1, -0.05) is 18.2 Å². The molecule has 0 saturated heterocycles. The second kappa shape index (κ2) is 8.41. The third kappa shape index (κ3) is 4.77. The van der Waals surface area contributed by atoms with Crippen molar-refractivity contribution in [3.63, 3.8) is 0 Å². The lowest BCUT2D eigenvalue weighted by atomic mass is 10.0. The molecule has 7 heteroatoms. The summed E-state index contributed by atoms with van der Waals surface area (Å²) < 4.78 is 41.9. The van der Waals surface area contributed by atoms with Crippen LogP contribution in [0.2, 0.25) is 0 Å². The molecule has 5 nitrogen and oxygen atoms in total. The first-order valence-electron chi connectivity index (χ1n) is 9.06. The van der Waals surface area contributed by atoms with Crippen molar-refractivity contribution < 1.29 is 17.6 Å². The van der Waals surface area contributed by atoms with Crippen LogP contribution in [0.1, 0.15) is 40.3 Å². The van der Waals surface area contributed by atoms with E-state index >= 15 is 0 Å². The van der Waals surface area contributed by atoms with E-state index in [9.17, 15) is 17.6 Å². The molecule has 1 atom stereocenters. The van der Waals surface area contributed by atoms with Crippen LogP contribution in [0, 0.1) is 40.4 Å². The molecule has 0 unspecified atom stereocenters. The van der Waals surface area contributed by atoms with Gasteiger partial charge >= 0.3 is 0 Å². The summed E-state index contributed by atoms with van der Waals surface area (Å²) in [6.45, 7) is 10.5. The molecular formula is C21H27FN2O3S. The fourth-order valence-electron chi connectivity index (χ4n) is 3.02. The Morgan fingerprint density at radius 3 is 2.11 bits per heavy atom. The van der Waals surface area contributed by atoms with Crippen LogP contribution in [0.4, 0.5) is 4.39 Å². The molecule has 2 N–H and O–H groups in total. The number of sulfonamides is 1. The lowest BCUT2D eigenvalue weighted by Gasteiger charge is -2.19. The van der Waals surface area contributed by atoms with Crippen molar-refractivity contribution >= 4 is 15.9 Å². The van der Waals surface area contributed by atoms with Crippen molar-refractivity contribution in [3.8, 4) is 0 Å². The Bertz CT molecular complexity index is 991. The zero-order valence-corrected chi connectivity index (χ0v) is 17.9. The summed E-state index contributed by atoms with van der Waals surface area (Å²) in [4.78, 5) is 12.6. The van der Waals surface area contributed by atoms with Crippen LogP contribution < -0.4 is 10.0 Å². The van der Waals surface area contributed by atoms with Crippen molar-refractivity contribution in [2.45, 2.75) is 59.0 Å². The van der Waals surface area contributed by atoms with Crippen LogP contribution in [0.25, 0.3) is 0 Å². The van der Waals surface area contributed by atoms with E-state index in [1.807, 2.05) is 19.9 Å². The van der Waals surface area contributed by atoms with Crippen LogP contribution in [0.3, 0.4) is 0 Å². The average Bonchev–Trinajstić information content (AvgIpc) is 2.60. The minimum absolute atomic E-state index is 0.115. The van der Waals surface area contributed by atoms with Crippen LogP contribution in [-0.2, 0) is 21.4 Å². The van der Waals surface area contributed by atoms with E-state index in [4.69, 9.17) is 0 Å². The topological polar surface area (TPSA) is 75.3 Å². The van der Waals surface area contributed by atoms with E-state index in [2.05, 4.69) is 10.0 Å². The molecule has 1 amide bonds. The summed E-state index contributed by atoms with van der Waals surface area (Å²) in [6, 6.07) is 5.68. The Hall–Kier alpha value is -2.25. The number of aryl methyl sites for hydroxylation is 3. The largest absolute Gasteiger partial charge is 0.351 e. The molecule has 0 aromatic heterocycles. The normalized spacial score (nSPS) is 12.7. The minimum atomic E-state index is -3.88. The highest BCUT2D eigenvalue weighted by Crippen LogP contribution is 2.26. The van der Waals surface area contributed by atoms with E-state index < -0.39 is 22.0 Å². The number of rotatable bonds is 6. The molecular weight excluding hydrogens is 379 g/mol. The Morgan fingerprint density at radius 2 is 1.57 bits per heavy atom. The fourth-order valence-corrected chi connectivity index (χ4v) is 4.84. The predicted molar refractivity (Wildman–Crippen MR) is 108 cm³/mol. The SMILES string of the molecule is Cc1ccc(CNC(=O)[C@H](C)NS(=O)(=O)c2c(C)c(C)cc(C)c2C)cc1F. The Kier molecular flexibility index (Phi) is 6.62. The van der Waals surface area contributed by atoms with Crippen LogP contribution >= 0.6 is 0 Å². The number of carbonyl (C=O) groups is 1. The van der Waals surface area contributed by atoms with E-state index in [0.29, 0.717) is 22.3 Å². The number of amides is 1. The molecule has 0 bridgehead atoms. The van der Waals surface area contributed by atoms with Crippen molar-refractivity contribution in [1.82, 2.24) is 10.0 Å². The Balaban J connectivity index is 2.14. The molecule has 2 aromatic carbocycles. The summed E-state index contributed by atoms with van der Waals surface area (Å²) >= 11 is 0. The van der Waals surface area contributed by atoms with Crippen molar-refractivity contribution in [2.75, 3.05) is 0 Å². The molecule has 0 saturated carbocycles. The number of hydrogen-bond acceptors (Lipinski definition) is 3. The molecule has 0 aliphatic heterocycles. The quantitative estimate of drug-likeness (QED) is 0.773. The maximum absolute atomic E-state index is 13.6. The maximum atomic E-state index is 13.6. The number of halogens is 1. The summed E-state index contributed by atoms with van der Waals surface area (Å²) in [6.07, 6.45) is 0. The van der Waals surface area contributed by atoms with Crippen molar-refractivity contribution in [3.05, 3.63) is 63.5 Å². The van der Waals surface area contributed by atoms with Gasteiger partial charge in [-0.2, -0.15) is 4.72 Å². The molecule has 0 spiro atoms. The molecule has 0 heterocycles. The van der Waals surface area contributed by atoms with Gasteiger partial charge in [0.2, 0.25) is 15.9 Å². The van der Waals surface area contributed by atoms with Gasteiger partial charge in [-0.25, -0.2) is 12.8 Å². The third-order valence-electron chi connectivity index (χ3n) is 4.99. The van der Waals surface area contributed by atoms with Gasteiger partial charge in [-0.05, 0) is 81.0 Å². The standard InChI is InChI=1S/C21H27FN2O3S/c1-12-7-8-18(10-19(12)22)11-23-21(25)17(6)24-28(26,27)20-15(4)13(2)9-14(3)16(20)5/h7-10,17,24H,11H2,1-6H3,(H,23,25)/t17-/m0/s1. The fraction of sp³-hybridized carbons (Fsp3) is 0.381. The van der Waals surface area contributed by atoms with E-state index in [1.54, 1.807) is 32.9 Å². The second-order valence-corrected chi connectivity index (χ2v) is 8.88. The van der Waals surface area contributed by atoms with Gasteiger partial charge in [0.15, 0.2) is 0 Å². The van der Waals surface area contributed by atoms with Crippen molar-refractivity contribution in [2.24, 2.45) is 0 Å². The second-order valence-electron chi connectivity index (χ2n) is 7.23. The van der Waals surface area contributed by atoms with E-state index in [-0.39, 0.29) is 17.3 Å². The number of nitrogens with one attached hydrogen (secondary N) is 2. The number of carbonyl (C=O) groups excluding carboxylic acids is 1. The summed E-state index contributed by atoms with van der Waals surface area (Å²) in [5.74, 6) is -0.828. The molecule has 152 valence electrons. The molecule has 28 heavy (non-hydrogen) atoms. The first kappa shape index (κ1) is 22.0. The zero-order chi connectivity index (χ0) is 21.2. The van der Waals surface area contributed by atoms with E-state index in [1.165, 1.54) is 13.0 Å². The summed E-state index contributed by atoms with van der Waals surface area (Å²) in [5.41, 5.74) is 4.21. The van der Waals surface area contributed by atoms with Gasteiger partial charge in [-0.15, -0.1) is 0 Å². The van der Waals surface area contributed by atoms with Crippen LogP contribution in [0.5, 0.6) is 0 Å². The smallest absolute Gasteiger partial charge is 0.241 e. The number of benzene rings is 2. The highest BCUT2D eigenvalue weighted by molar-refractivity contribution is 7.89. The molecule has 0 radical (unpaired) electrons. The van der Waals surface area contributed by atoms with Crippen LogP contribution in [-0.4, -0.2) is 20.4 Å². The van der Waals surface area contributed by atoms with Crippen molar-refractivity contribution in [1.29, 1.82) is 0 Å². The number of hydrogen-bond donors (Lipinski definition) is 2. The highest BCUT2D eigenvalue weighted by Gasteiger charge is 2.26. The lowest BCUT2D eigenvalue weighted by Crippen LogP contribution is -2.44. The van der Waals surface area contributed by atoms with Gasteiger partial charge < -0.3 is 5.32 Å². The Labute approximate surface area is 166 Å². The first-order valence-corrected chi connectivity index (χ1v) is 10.5. The van der Waals surface area contributed by atoms with Gasteiger partial charge in [0.1, 0.15) is 5.82 Å².